The Morgan fingerprint density at radius 1 is 1.12 bits per heavy atom. The Hall–Kier alpha value is -2.52. The molecule has 0 aliphatic rings. The number of rotatable bonds is 10. The average Bonchev–Trinajstić information content (AvgIpc) is 3.11. The molecule has 0 unspecified atom stereocenters. The summed E-state index contributed by atoms with van der Waals surface area (Å²) in [4.78, 5) is 8.16. The van der Waals surface area contributed by atoms with Gasteiger partial charge in [-0.15, -0.1) is 0 Å². The van der Waals surface area contributed by atoms with Crippen LogP contribution in [0.1, 0.15) is 18.4 Å². The van der Waals surface area contributed by atoms with E-state index in [-0.39, 0.29) is 5.75 Å². The molecule has 0 saturated carbocycles. The highest BCUT2D eigenvalue weighted by Crippen LogP contribution is 2.08. The molecule has 26 heavy (non-hydrogen) atoms. The largest absolute Gasteiger partial charge is 0.494 e. The lowest BCUT2D eigenvalue weighted by Gasteiger charge is -2.08. The van der Waals surface area contributed by atoms with Crippen LogP contribution >= 0.6 is 0 Å². The van der Waals surface area contributed by atoms with E-state index in [0.29, 0.717) is 38.2 Å². The van der Waals surface area contributed by atoms with Gasteiger partial charge < -0.3 is 4.74 Å². The van der Waals surface area contributed by atoms with Crippen LogP contribution in [0, 0.1) is 0 Å². The van der Waals surface area contributed by atoms with Crippen LogP contribution < -0.4 is 9.46 Å². The summed E-state index contributed by atoms with van der Waals surface area (Å²) >= 11 is 0. The number of sulfonamides is 1. The Labute approximate surface area is 152 Å². The summed E-state index contributed by atoms with van der Waals surface area (Å²) in [6.07, 6.45) is 6.87. The monoisotopic (exact) mass is 375 g/mol. The highest BCUT2D eigenvalue weighted by Gasteiger charge is 2.09. The van der Waals surface area contributed by atoms with Crippen molar-refractivity contribution in [3.8, 4) is 5.75 Å². The van der Waals surface area contributed by atoms with Crippen molar-refractivity contribution in [1.82, 2.24) is 24.3 Å². The number of aryl methyl sites for hydroxylation is 1. The maximum Gasteiger partial charge on any atom is 0.252 e. The van der Waals surface area contributed by atoms with Crippen LogP contribution in [0.2, 0.25) is 0 Å². The van der Waals surface area contributed by atoms with E-state index in [4.69, 9.17) is 4.74 Å². The molecule has 0 aliphatic carbocycles. The molecule has 0 spiro atoms. The molecule has 138 valence electrons. The molecule has 2 heterocycles. The molecular formula is C17H21N5O3S. The molecule has 0 amide bonds. The first-order valence-electron chi connectivity index (χ1n) is 8.42. The van der Waals surface area contributed by atoms with Gasteiger partial charge in [-0.3, -0.25) is 0 Å². The predicted molar refractivity (Wildman–Crippen MR) is 97.4 cm³/mol. The zero-order valence-corrected chi connectivity index (χ0v) is 15.1. The standard InChI is InChI=1S/C17H21N5O3S/c23-26(24,11-5-10-25-16-7-2-1-3-8-16)21-9-4-6-15-12-18-17-19-14-20-22(17)13-15/h1-3,7-8,12-14,21H,4-6,9-11H2. The van der Waals surface area contributed by atoms with Crippen molar-refractivity contribution in [3.05, 3.63) is 54.6 Å². The fraction of sp³-hybridized carbons (Fsp3) is 0.353. The second kappa shape index (κ2) is 8.72. The van der Waals surface area contributed by atoms with E-state index in [2.05, 4.69) is 19.8 Å². The zero-order chi connectivity index (χ0) is 18.2. The van der Waals surface area contributed by atoms with Gasteiger partial charge in [0.2, 0.25) is 10.0 Å². The van der Waals surface area contributed by atoms with E-state index in [1.54, 1.807) is 10.7 Å². The molecule has 3 aromatic rings. The van der Waals surface area contributed by atoms with Gasteiger partial charge in [0.15, 0.2) is 0 Å². The molecular weight excluding hydrogens is 354 g/mol. The van der Waals surface area contributed by atoms with Gasteiger partial charge in [0.25, 0.3) is 5.78 Å². The molecule has 1 aromatic carbocycles. The van der Waals surface area contributed by atoms with E-state index in [0.717, 1.165) is 11.3 Å². The second-order valence-corrected chi connectivity index (χ2v) is 7.73. The number of hydrogen-bond acceptors (Lipinski definition) is 6. The maximum atomic E-state index is 12.0. The van der Waals surface area contributed by atoms with E-state index < -0.39 is 10.0 Å². The van der Waals surface area contributed by atoms with Gasteiger partial charge in [0, 0.05) is 18.9 Å². The SMILES string of the molecule is O=S(=O)(CCCOc1ccccc1)NCCCc1cnc2ncnn2c1. The Balaban J connectivity index is 1.34. The number of ether oxygens (including phenoxy) is 1. The van der Waals surface area contributed by atoms with Crippen LogP contribution in [0.4, 0.5) is 0 Å². The van der Waals surface area contributed by atoms with Crippen molar-refractivity contribution < 1.29 is 13.2 Å². The van der Waals surface area contributed by atoms with Crippen molar-refractivity contribution in [2.24, 2.45) is 0 Å². The van der Waals surface area contributed by atoms with E-state index in [1.165, 1.54) is 6.33 Å². The quantitative estimate of drug-likeness (QED) is 0.539. The van der Waals surface area contributed by atoms with Crippen molar-refractivity contribution >= 4 is 15.8 Å². The summed E-state index contributed by atoms with van der Waals surface area (Å²) in [6.45, 7) is 0.756. The Morgan fingerprint density at radius 2 is 1.96 bits per heavy atom. The van der Waals surface area contributed by atoms with Crippen molar-refractivity contribution in [1.29, 1.82) is 0 Å². The number of nitrogens with zero attached hydrogens (tertiary/aromatic N) is 4. The van der Waals surface area contributed by atoms with Crippen LogP contribution in [0.3, 0.4) is 0 Å². The fourth-order valence-electron chi connectivity index (χ4n) is 2.44. The second-order valence-electron chi connectivity index (χ2n) is 5.80. The third kappa shape index (κ3) is 5.50. The van der Waals surface area contributed by atoms with Gasteiger partial charge in [0.1, 0.15) is 12.1 Å². The molecule has 0 radical (unpaired) electrons. The number of fused-ring (bicyclic) bond motifs is 1. The van der Waals surface area contributed by atoms with E-state index in [1.807, 2.05) is 36.5 Å². The van der Waals surface area contributed by atoms with Gasteiger partial charge >= 0.3 is 0 Å². The minimum absolute atomic E-state index is 0.0479. The van der Waals surface area contributed by atoms with E-state index in [9.17, 15) is 8.42 Å². The minimum Gasteiger partial charge on any atom is -0.494 e. The lowest BCUT2D eigenvalue weighted by Crippen LogP contribution is -2.28. The normalized spacial score (nSPS) is 11.7. The smallest absolute Gasteiger partial charge is 0.252 e. The van der Waals surface area contributed by atoms with Crippen LogP contribution in [-0.4, -0.2) is 46.9 Å². The zero-order valence-electron chi connectivity index (χ0n) is 14.3. The van der Waals surface area contributed by atoms with Crippen LogP contribution in [0.15, 0.2) is 49.1 Å². The van der Waals surface area contributed by atoms with Gasteiger partial charge in [-0.05, 0) is 37.0 Å². The topological polar surface area (TPSA) is 98.5 Å². The molecule has 0 fully saturated rings. The Morgan fingerprint density at radius 3 is 2.81 bits per heavy atom. The first-order chi connectivity index (χ1) is 12.6. The summed E-state index contributed by atoms with van der Waals surface area (Å²) in [7, 11) is -3.29. The number of aromatic nitrogens is 4. The minimum atomic E-state index is -3.29. The lowest BCUT2D eigenvalue weighted by atomic mass is 10.2. The number of benzene rings is 1. The molecule has 2 aromatic heterocycles. The third-order valence-electron chi connectivity index (χ3n) is 3.72. The first-order valence-corrected chi connectivity index (χ1v) is 10.1. The Bertz CT molecular complexity index is 928. The van der Waals surface area contributed by atoms with Gasteiger partial charge in [-0.1, -0.05) is 18.2 Å². The molecule has 0 saturated heterocycles. The summed E-state index contributed by atoms with van der Waals surface area (Å²) in [6, 6.07) is 9.35. The molecule has 9 heteroatoms. The van der Waals surface area contributed by atoms with Crippen molar-refractivity contribution in [2.45, 2.75) is 19.3 Å². The van der Waals surface area contributed by atoms with Crippen LogP contribution in [0.25, 0.3) is 5.78 Å². The molecule has 8 nitrogen and oxygen atoms in total. The number of hydrogen-bond donors (Lipinski definition) is 1. The Kier molecular flexibility index (Phi) is 6.13. The highest BCUT2D eigenvalue weighted by atomic mass is 32.2. The molecule has 3 rings (SSSR count). The molecule has 0 atom stereocenters. The lowest BCUT2D eigenvalue weighted by molar-refractivity contribution is 0.317. The highest BCUT2D eigenvalue weighted by molar-refractivity contribution is 7.89. The molecule has 1 N–H and O–H groups in total. The maximum absolute atomic E-state index is 12.0. The van der Waals surface area contributed by atoms with Gasteiger partial charge in [-0.25, -0.2) is 22.6 Å². The van der Waals surface area contributed by atoms with Crippen LogP contribution in [0.5, 0.6) is 5.75 Å². The van der Waals surface area contributed by atoms with Crippen molar-refractivity contribution in [2.75, 3.05) is 18.9 Å². The average molecular weight is 375 g/mol. The van der Waals surface area contributed by atoms with Crippen LogP contribution in [-0.2, 0) is 16.4 Å². The number of para-hydroxylation sites is 1. The van der Waals surface area contributed by atoms with Crippen molar-refractivity contribution in [3.63, 3.8) is 0 Å². The van der Waals surface area contributed by atoms with Gasteiger partial charge in [0.05, 0.1) is 12.4 Å². The molecule has 0 aliphatic heterocycles. The summed E-state index contributed by atoms with van der Waals surface area (Å²) in [5.41, 5.74) is 0.985. The summed E-state index contributed by atoms with van der Waals surface area (Å²) in [5, 5.41) is 4.03. The predicted octanol–water partition coefficient (Wildman–Crippen LogP) is 1.45. The third-order valence-corrected chi connectivity index (χ3v) is 5.19. The van der Waals surface area contributed by atoms with E-state index >= 15 is 0 Å². The summed E-state index contributed by atoms with van der Waals surface area (Å²) in [5.74, 6) is 1.34. The van der Waals surface area contributed by atoms with Gasteiger partial charge in [-0.2, -0.15) is 10.1 Å². The molecule has 0 bridgehead atoms. The summed E-state index contributed by atoms with van der Waals surface area (Å²) < 4.78 is 33.7. The number of nitrogens with one attached hydrogen (secondary N) is 1. The first kappa shape index (κ1) is 18.3. The fourth-order valence-corrected chi connectivity index (χ4v) is 3.53.